The van der Waals surface area contributed by atoms with Gasteiger partial charge in [0.25, 0.3) is 0 Å². The summed E-state index contributed by atoms with van der Waals surface area (Å²) in [7, 11) is 3.53. The molecule has 0 spiro atoms. The summed E-state index contributed by atoms with van der Waals surface area (Å²) in [6.07, 6.45) is 5.42. The predicted octanol–water partition coefficient (Wildman–Crippen LogP) is 4.49. The molecule has 3 aromatic heterocycles. The minimum absolute atomic E-state index is 0.0985. The number of rotatable bonds is 4. The lowest BCUT2D eigenvalue weighted by atomic mass is 9.94. The van der Waals surface area contributed by atoms with Crippen LogP contribution in [0.3, 0.4) is 0 Å². The number of aromatic hydroxyl groups is 1. The number of nitrogens with zero attached hydrogens (tertiary/aromatic N) is 5. The van der Waals surface area contributed by atoms with Gasteiger partial charge in [0, 0.05) is 36.8 Å². The number of ether oxygens (including phenoxy) is 1. The molecule has 2 aromatic carbocycles. The van der Waals surface area contributed by atoms with Crippen LogP contribution in [-0.4, -0.2) is 36.4 Å². The second kappa shape index (κ2) is 7.28. The van der Waals surface area contributed by atoms with E-state index >= 15 is 0 Å². The lowest BCUT2D eigenvalue weighted by Crippen LogP contribution is -2.02. The summed E-state index contributed by atoms with van der Waals surface area (Å²) in [6, 6.07) is 15.9. The Labute approximate surface area is 179 Å². The van der Waals surface area contributed by atoms with Gasteiger partial charge in [-0.3, -0.25) is 0 Å². The first-order valence-electron chi connectivity index (χ1n) is 9.88. The lowest BCUT2D eigenvalue weighted by Gasteiger charge is -2.11. The number of fused-ring (bicyclic) bond motifs is 1. The van der Waals surface area contributed by atoms with E-state index in [0.717, 1.165) is 33.6 Å². The number of methoxy groups -OCH3 is 1. The number of aromatic nitrogens is 5. The van der Waals surface area contributed by atoms with Crippen LogP contribution in [0.25, 0.3) is 39.4 Å². The van der Waals surface area contributed by atoms with Crippen LogP contribution in [0, 0.1) is 6.92 Å². The zero-order chi connectivity index (χ0) is 21.5. The summed E-state index contributed by atoms with van der Waals surface area (Å²) in [6.45, 7) is 2.02. The number of benzene rings is 2. The average Bonchev–Trinajstić information content (AvgIpc) is 3.38. The van der Waals surface area contributed by atoms with Gasteiger partial charge in [0.1, 0.15) is 11.3 Å². The smallest absolute Gasteiger partial charge is 0.240 e. The van der Waals surface area contributed by atoms with Gasteiger partial charge in [0.2, 0.25) is 11.7 Å². The molecular weight excluding hydrogens is 390 g/mol. The fourth-order valence-corrected chi connectivity index (χ4v) is 3.97. The first-order valence-corrected chi connectivity index (χ1v) is 9.88. The highest BCUT2D eigenvalue weighted by Crippen LogP contribution is 2.42. The topological polar surface area (TPSA) is 77.5 Å². The third-order valence-electron chi connectivity index (χ3n) is 5.49. The van der Waals surface area contributed by atoms with Crippen molar-refractivity contribution in [1.29, 1.82) is 0 Å². The van der Waals surface area contributed by atoms with Gasteiger partial charge in [-0.15, -0.1) is 5.10 Å². The molecule has 1 N–H and O–H groups in total. The van der Waals surface area contributed by atoms with Gasteiger partial charge in [0.05, 0.1) is 7.11 Å². The molecule has 3 heterocycles. The molecule has 0 unspecified atom stereocenters. The second-order valence-corrected chi connectivity index (χ2v) is 7.33. The number of imidazole rings is 1. The quantitative estimate of drug-likeness (QED) is 0.472. The van der Waals surface area contributed by atoms with Crippen LogP contribution >= 0.6 is 0 Å². The molecule has 7 heteroatoms. The van der Waals surface area contributed by atoms with Crippen LogP contribution in [0.5, 0.6) is 11.6 Å². The van der Waals surface area contributed by atoms with Gasteiger partial charge < -0.3 is 14.4 Å². The summed E-state index contributed by atoms with van der Waals surface area (Å²) in [5, 5.41) is 15.7. The van der Waals surface area contributed by atoms with Gasteiger partial charge in [-0.2, -0.15) is 4.98 Å². The van der Waals surface area contributed by atoms with Crippen LogP contribution in [0.1, 0.15) is 5.56 Å². The molecule has 0 aliphatic rings. The standard InChI is InChI=1S/C24H21N5O2/c1-15-17(10-7-11-19(15)31-3)18-14-29-21(20(18)16-8-5-4-6-9-16)24(30)26-22(27-29)23-25-12-13-28(23)2/h4-14H,1-3H3,(H,26,27,30). The Morgan fingerprint density at radius 2 is 1.81 bits per heavy atom. The van der Waals surface area contributed by atoms with Crippen molar-refractivity contribution in [2.24, 2.45) is 7.05 Å². The maximum atomic E-state index is 11.0. The van der Waals surface area contributed by atoms with Gasteiger partial charge in [-0.05, 0) is 29.7 Å². The molecule has 5 aromatic rings. The summed E-state index contributed by atoms with van der Waals surface area (Å²) in [5.74, 6) is 1.63. The van der Waals surface area contributed by atoms with E-state index in [1.165, 1.54) is 0 Å². The van der Waals surface area contributed by atoms with E-state index in [1.54, 1.807) is 17.8 Å². The van der Waals surface area contributed by atoms with Crippen molar-refractivity contribution >= 4 is 5.52 Å². The van der Waals surface area contributed by atoms with Crippen molar-refractivity contribution in [1.82, 2.24) is 24.1 Å². The van der Waals surface area contributed by atoms with E-state index < -0.39 is 0 Å². The molecule has 31 heavy (non-hydrogen) atoms. The molecule has 0 aliphatic heterocycles. The number of hydrogen-bond acceptors (Lipinski definition) is 5. The zero-order valence-corrected chi connectivity index (χ0v) is 17.4. The zero-order valence-electron chi connectivity index (χ0n) is 17.4. The fraction of sp³-hybridized carbons (Fsp3) is 0.125. The molecule has 154 valence electrons. The maximum absolute atomic E-state index is 11.0. The fourth-order valence-electron chi connectivity index (χ4n) is 3.97. The molecular formula is C24H21N5O2. The van der Waals surface area contributed by atoms with Gasteiger partial charge in [-0.1, -0.05) is 42.5 Å². The first kappa shape index (κ1) is 18.9. The van der Waals surface area contributed by atoms with Crippen molar-refractivity contribution < 1.29 is 9.84 Å². The first-order chi connectivity index (χ1) is 15.1. The Balaban J connectivity index is 1.85. The van der Waals surface area contributed by atoms with Crippen molar-refractivity contribution in [3.8, 4) is 45.5 Å². The highest BCUT2D eigenvalue weighted by Gasteiger charge is 2.22. The van der Waals surface area contributed by atoms with Crippen molar-refractivity contribution in [3.05, 3.63) is 72.7 Å². The molecule has 0 fully saturated rings. The van der Waals surface area contributed by atoms with E-state index in [4.69, 9.17) is 4.74 Å². The van der Waals surface area contributed by atoms with Crippen LogP contribution < -0.4 is 4.74 Å². The molecule has 7 nitrogen and oxygen atoms in total. The molecule has 0 saturated heterocycles. The summed E-state index contributed by atoms with van der Waals surface area (Å²) >= 11 is 0. The molecule has 0 radical (unpaired) electrons. The molecule has 5 rings (SSSR count). The molecule has 0 saturated carbocycles. The van der Waals surface area contributed by atoms with Gasteiger partial charge in [0.15, 0.2) is 5.82 Å². The van der Waals surface area contributed by atoms with E-state index in [9.17, 15) is 5.11 Å². The molecule has 0 bridgehead atoms. The third kappa shape index (κ3) is 3.02. The minimum atomic E-state index is -0.0985. The monoisotopic (exact) mass is 411 g/mol. The average molecular weight is 411 g/mol. The summed E-state index contributed by atoms with van der Waals surface area (Å²) in [5.41, 5.74) is 5.31. The Morgan fingerprint density at radius 3 is 2.52 bits per heavy atom. The van der Waals surface area contributed by atoms with E-state index in [0.29, 0.717) is 17.2 Å². The summed E-state index contributed by atoms with van der Waals surface area (Å²) in [4.78, 5) is 8.68. The van der Waals surface area contributed by atoms with Crippen molar-refractivity contribution in [2.75, 3.05) is 7.11 Å². The summed E-state index contributed by atoms with van der Waals surface area (Å²) < 4.78 is 9.03. The molecule has 0 aliphatic carbocycles. The van der Waals surface area contributed by atoms with Crippen LogP contribution in [0.4, 0.5) is 0 Å². The van der Waals surface area contributed by atoms with E-state index in [1.807, 2.05) is 79.5 Å². The van der Waals surface area contributed by atoms with E-state index in [-0.39, 0.29) is 5.88 Å². The van der Waals surface area contributed by atoms with E-state index in [2.05, 4.69) is 15.1 Å². The Kier molecular flexibility index (Phi) is 4.43. The Morgan fingerprint density at radius 1 is 1.00 bits per heavy atom. The van der Waals surface area contributed by atoms with Crippen molar-refractivity contribution in [3.63, 3.8) is 0 Å². The van der Waals surface area contributed by atoms with Crippen LogP contribution in [-0.2, 0) is 7.05 Å². The number of hydrogen-bond donors (Lipinski definition) is 1. The normalized spacial score (nSPS) is 11.2. The maximum Gasteiger partial charge on any atom is 0.240 e. The molecule has 0 amide bonds. The van der Waals surface area contributed by atoms with Crippen LogP contribution in [0.2, 0.25) is 0 Å². The third-order valence-corrected chi connectivity index (χ3v) is 5.49. The Bertz CT molecular complexity index is 1400. The minimum Gasteiger partial charge on any atom is -0.496 e. The Hall–Kier alpha value is -4.13. The highest BCUT2D eigenvalue weighted by molar-refractivity contribution is 5.97. The largest absolute Gasteiger partial charge is 0.496 e. The van der Waals surface area contributed by atoms with Crippen molar-refractivity contribution in [2.45, 2.75) is 6.92 Å². The lowest BCUT2D eigenvalue weighted by molar-refractivity contribution is 0.412. The van der Waals surface area contributed by atoms with Crippen LogP contribution in [0.15, 0.2) is 67.1 Å². The SMILES string of the molecule is COc1cccc(-c2cn3nc(-c4nccn4C)nc(O)c3c2-c2ccccc2)c1C. The predicted molar refractivity (Wildman–Crippen MR) is 119 cm³/mol. The van der Waals surface area contributed by atoms with Gasteiger partial charge >= 0.3 is 0 Å². The number of aryl methyl sites for hydroxylation is 1. The second-order valence-electron chi connectivity index (χ2n) is 7.33. The van der Waals surface area contributed by atoms with Gasteiger partial charge in [-0.25, -0.2) is 9.50 Å². The highest BCUT2D eigenvalue weighted by atomic mass is 16.5. The molecule has 0 atom stereocenters.